The zero-order valence-electron chi connectivity index (χ0n) is 8.90. The van der Waals surface area contributed by atoms with Gasteiger partial charge < -0.3 is 10.6 Å². The quantitative estimate of drug-likeness (QED) is 0.770. The van der Waals surface area contributed by atoms with Crippen LogP contribution in [0.25, 0.3) is 0 Å². The number of hydrogen-bond donors (Lipinski definition) is 1. The van der Waals surface area contributed by atoms with Gasteiger partial charge in [-0.25, -0.2) is 0 Å². The molecule has 0 bridgehead atoms. The Morgan fingerprint density at radius 3 is 2.93 bits per heavy atom. The van der Waals surface area contributed by atoms with Gasteiger partial charge in [-0.3, -0.25) is 0 Å². The summed E-state index contributed by atoms with van der Waals surface area (Å²) >= 11 is 0. The molecule has 76 valence electrons. The summed E-state index contributed by atoms with van der Waals surface area (Å²) in [6.07, 6.45) is 0. The lowest BCUT2D eigenvalue weighted by atomic mass is 9.89. The smallest absolute Gasteiger partial charge is 0.0400 e. The molecule has 2 rings (SSSR count). The molecule has 2 N–H and O–H groups in total. The van der Waals surface area contributed by atoms with E-state index in [9.17, 15) is 0 Å². The molecule has 0 radical (unpaired) electrons. The van der Waals surface area contributed by atoms with Gasteiger partial charge in [-0.15, -0.1) is 0 Å². The van der Waals surface area contributed by atoms with Crippen LogP contribution >= 0.6 is 0 Å². The Labute approximate surface area is 85.7 Å². The minimum absolute atomic E-state index is 0.570. The monoisotopic (exact) mass is 190 g/mol. The van der Waals surface area contributed by atoms with Crippen molar-refractivity contribution < 1.29 is 0 Å². The van der Waals surface area contributed by atoms with E-state index in [2.05, 4.69) is 43.1 Å². The highest BCUT2D eigenvalue weighted by Gasteiger charge is 2.29. The fourth-order valence-electron chi connectivity index (χ4n) is 2.29. The molecule has 0 saturated heterocycles. The van der Waals surface area contributed by atoms with E-state index >= 15 is 0 Å². The van der Waals surface area contributed by atoms with E-state index in [4.69, 9.17) is 5.73 Å². The van der Waals surface area contributed by atoms with Crippen molar-refractivity contribution in [1.82, 2.24) is 0 Å². The van der Waals surface area contributed by atoms with Gasteiger partial charge in [-0.05, 0) is 24.1 Å². The number of nitrogens with zero attached hydrogens (tertiary/aromatic N) is 1. The standard InChI is InChI=1S/C12H18N2/c1-9(7-13)11-8-14(2)12-6-4-3-5-10(11)12/h3-6,9,11H,7-8,13H2,1-2H3. The summed E-state index contributed by atoms with van der Waals surface area (Å²) in [6, 6.07) is 8.65. The minimum atomic E-state index is 0.570. The molecule has 2 heteroatoms. The lowest BCUT2D eigenvalue weighted by Crippen LogP contribution is -2.23. The molecule has 1 aromatic rings. The molecule has 2 unspecified atom stereocenters. The second-order valence-corrected chi connectivity index (χ2v) is 4.26. The van der Waals surface area contributed by atoms with Gasteiger partial charge in [0.1, 0.15) is 0 Å². The molecule has 14 heavy (non-hydrogen) atoms. The first-order valence-electron chi connectivity index (χ1n) is 5.24. The first kappa shape index (κ1) is 9.53. The molecule has 2 nitrogen and oxygen atoms in total. The predicted molar refractivity (Wildman–Crippen MR) is 60.7 cm³/mol. The summed E-state index contributed by atoms with van der Waals surface area (Å²) in [7, 11) is 2.15. The third-order valence-electron chi connectivity index (χ3n) is 3.28. The summed E-state index contributed by atoms with van der Waals surface area (Å²) in [4.78, 5) is 2.33. The number of para-hydroxylation sites is 1. The SMILES string of the molecule is CC(CN)C1CN(C)c2ccccc21. The number of nitrogens with two attached hydrogens (primary N) is 1. The topological polar surface area (TPSA) is 29.3 Å². The van der Waals surface area contributed by atoms with E-state index < -0.39 is 0 Å². The molecule has 0 saturated carbocycles. The molecule has 0 amide bonds. The van der Waals surface area contributed by atoms with Crippen LogP contribution in [0.1, 0.15) is 18.4 Å². The van der Waals surface area contributed by atoms with Crippen molar-refractivity contribution in [3.05, 3.63) is 29.8 Å². The highest BCUT2D eigenvalue weighted by Crippen LogP contribution is 2.38. The van der Waals surface area contributed by atoms with Crippen LogP contribution in [-0.2, 0) is 0 Å². The molecule has 1 heterocycles. The number of benzene rings is 1. The lowest BCUT2D eigenvalue weighted by molar-refractivity contribution is 0.488. The molecule has 2 atom stereocenters. The first-order chi connectivity index (χ1) is 6.74. The van der Waals surface area contributed by atoms with Gasteiger partial charge in [-0.2, -0.15) is 0 Å². The van der Waals surface area contributed by atoms with E-state index in [-0.39, 0.29) is 0 Å². The molecule has 1 aliphatic rings. The predicted octanol–water partition coefficient (Wildman–Crippen LogP) is 1.81. The minimum Gasteiger partial charge on any atom is -0.374 e. The Balaban J connectivity index is 2.34. The molecule has 0 fully saturated rings. The molecular weight excluding hydrogens is 172 g/mol. The normalized spacial score (nSPS) is 22.2. The van der Waals surface area contributed by atoms with Crippen molar-refractivity contribution in [2.45, 2.75) is 12.8 Å². The van der Waals surface area contributed by atoms with Crippen LogP contribution < -0.4 is 10.6 Å². The Kier molecular flexibility index (Phi) is 2.46. The number of anilines is 1. The zero-order valence-corrected chi connectivity index (χ0v) is 8.90. The maximum Gasteiger partial charge on any atom is 0.0400 e. The third-order valence-corrected chi connectivity index (χ3v) is 3.28. The van der Waals surface area contributed by atoms with Crippen molar-refractivity contribution in [2.24, 2.45) is 11.7 Å². The molecular formula is C12H18N2. The van der Waals surface area contributed by atoms with Crippen molar-refractivity contribution in [3.8, 4) is 0 Å². The van der Waals surface area contributed by atoms with Crippen LogP contribution in [0.2, 0.25) is 0 Å². The fraction of sp³-hybridized carbons (Fsp3) is 0.500. The molecule has 0 aliphatic carbocycles. The summed E-state index contributed by atoms with van der Waals surface area (Å²) < 4.78 is 0. The number of likely N-dealkylation sites (N-methyl/N-ethyl adjacent to an activating group) is 1. The van der Waals surface area contributed by atoms with Gasteiger partial charge in [0.25, 0.3) is 0 Å². The van der Waals surface area contributed by atoms with Crippen molar-refractivity contribution >= 4 is 5.69 Å². The second-order valence-electron chi connectivity index (χ2n) is 4.26. The maximum absolute atomic E-state index is 5.74. The van der Waals surface area contributed by atoms with Crippen molar-refractivity contribution in [1.29, 1.82) is 0 Å². The Morgan fingerprint density at radius 2 is 2.21 bits per heavy atom. The van der Waals surface area contributed by atoms with E-state index in [1.54, 1.807) is 0 Å². The number of hydrogen-bond acceptors (Lipinski definition) is 2. The van der Waals surface area contributed by atoms with E-state index in [1.807, 2.05) is 0 Å². The molecule has 0 spiro atoms. The lowest BCUT2D eigenvalue weighted by Gasteiger charge is -2.18. The van der Waals surface area contributed by atoms with Crippen LogP contribution in [0.4, 0.5) is 5.69 Å². The summed E-state index contributed by atoms with van der Waals surface area (Å²) in [5.74, 6) is 1.18. The summed E-state index contributed by atoms with van der Waals surface area (Å²) in [5.41, 5.74) is 8.57. The summed E-state index contributed by atoms with van der Waals surface area (Å²) in [6.45, 7) is 4.12. The molecule has 0 aromatic heterocycles. The van der Waals surface area contributed by atoms with Crippen molar-refractivity contribution in [3.63, 3.8) is 0 Å². The Hall–Kier alpha value is -1.02. The van der Waals surface area contributed by atoms with Gasteiger partial charge in [-0.1, -0.05) is 25.1 Å². The number of fused-ring (bicyclic) bond motifs is 1. The third kappa shape index (κ3) is 1.40. The Morgan fingerprint density at radius 1 is 1.50 bits per heavy atom. The van der Waals surface area contributed by atoms with Crippen molar-refractivity contribution in [2.75, 3.05) is 25.0 Å². The number of rotatable bonds is 2. The molecule has 1 aromatic carbocycles. The fourth-order valence-corrected chi connectivity index (χ4v) is 2.29. The summed E-state index contributed by atoms with van der Waals surface area (Å²) in [5, 5.41) is 0. The van der Waals surface area contributed by atoms with Gasteiger partial charge >= 0.3 is 0 Å². The van der Waals surface area contributed by atoms with Gasteiger partial charge in [0.15, 0.2) is 0 Å². The zero-order chi connectivity index (χ0) is 10.1. The average Bonchev–Trinajstić information content (AvgIpc) is 2.56. The van der Waals surface area contributed by atoms with Crippen LogP contribution in [0.15, 0.2) is 24.3 Å². The molecule has 1 aliphatic heterocycles. The maximum atomic E-state index is 5.74. The Bertz CT molecular complexity index is 322. The average molecular weight is 190 g/mol. The second kappa shape index (κ2) is 3.62. The van der Waals surface area contributed by atoms with Crippen LogP contribution in [0.5, 0.6) is 0 Å². The largest absolute Gasteiger partial charge is 0.374 e. The highest BCUT2D eigenvalue weighted by molar-refractivity contribution is 5.59. The van der Waals surface area contributed by atoms with Crippen LogP contribution in [0, 0.1) is 5.92 Å². The van der Waals surface area contributed by atoms with Gasteiger partial charge in [0, 0.05) is 25.2 Å². The van der Waals surface area contributed by atoms with Crippen LogP contribution in [-0.4, -0.2) is 20.1 Å². The van der Waals surface area contributed by atoms with E-state index in [0.717, 1.165) is 13.1 Å². The first-order valence-corrected chi connectivity index (χ1v) is 5.24. The highest BCUT2D eigenvalue weighted by atomic mass is 15.1. The van der Waals surface area contributed by atoms with Gasteiger partial charge in [0.2, 0.25) is 0 Å². The van der Waals surface area contributed by atoms with Crippen LogP contribution in [0.3, 0.4) is 0 Å². The van der Waals surface area contributed by atoms with E-state index in [0.29, 0.717) is 11.8 Å². The van der Waals surface area contributed by atoms with Gasteiger partial charge in [0.05, 0.1) is 0 Å². The van der Waals surface area contributed by atoms with E-state index in [1.165, 1.54) is 11.3 Å².